The number of aryl methyl sites for hydroxylation is 5. The van der Waals surface area contributed by atoms with Crippen LogP contribution < -0.4 is 10.7 Å². The third kappa shape index (κ3) is 7.54. The number of aromatic amines is 3. The van der Waals surface area contributed by atoms with Crippen LogP contribution in [0, 0.1) is 20.8 Å². The summed E-state index contributed by atoms with van der Waals surface area (Å²) >= 11 is 0. The highest BCUT2D eigenvalue weighted by atomic mass is 16.5. The topological polar surface area (TPSA) is 212 Å². The minimum Gasteiger partial charge on any atom is -0.480 e. The Balaban J connectivity index is 2.12. The first-order chi connectivity index (χ1) is 25.7. The number of hydrogen-bond acceptors (Lipinski definition) is 9. The van der Waals surface area contributed by atoms with Crippen LogP contribution in [0.5, 0.6) is 0 Å². The monoisotopic (exact) mass is 736 g/mol. The Morgan fingerprint density at radius 1 is 0.796 bits per heavy atom. The van der Waals surface area contributed by atoms with Gasteiger partial charge < -0.3 is 40.0 Å². The van der Waals surface area contributed by atoms with E-state index in [9.17, 15) is 29.4 Å². The van der Waals surface area contributed by atoms with Gasteiger partial charge in [0.2, 0.25) is 0 Å². The van der Waals surface area contributed by atoms with E-state index >= 15 is 0 Å². The number of fused-ring (bicyclic) bond motifs is 8. The second-order valence-electron chi connectivity index (χ2n) is 12.9. The van der Waals surface area contributed by atoms with E-state index < -0.39 is 37.0 Å². The normalized spacial score (nSPS) is 12.2. The molecule has 0 fully saturated rings. The zero-order valence-corrected chi connectivity index (χ0v) is 31.2. The summed E-state index contributed by atoms with van der Waals surface area (Å²) in [5.74, 6) is -3.02. The Morgan fingerprint density at radius 2 is 1.35 bits per heavy atom. The lowest BCUT2D eigenvalue weighted by atomic mass is 10.0. The van der Waals surface area contributed by atoms with Crippen LogP contribution in [0.2, 0.25) is 0 Å². The molecular formula is C40H44N6O8. The van der Waals surface area contributed by atoms with Gasteiger partial charge in [-0.2, -0.15) is 0 Å². The fourth-order valence-electron chi connectivity index (χ4n) is 6.93. The summed E-state index contributed by atoms with van der Waals surface area (Å²) in [5.41, 5.74) is 11.0. The standard InChI is InChI=1S/C40H44N6O8/c1-9-23-20(4)35-39(41-17-31(47)48)36-21(5)25(11-13-33(51)53-7)29(45-36)16-30-26(12-14-34(52)54-8)22(6)37(46-30)40(42-18-32(49)50)38-24(10-2)19(3)27(43-38)15-28(23)44-35/h9-10,15-16,41,44-46H,1-2,11-14,17-18H2,3-8H3,(H,47,48)(H,49,50). The molecule has 14 nitrogen and oxygen atoms in total. The van der Waals surface area contributed by atoms with E-state index in [-0.39, 0.29) is 25.7 Å². The molecule has 1 aliphatic rings. The number of nitrogens with one attached hydrogen (secondary N) is 4. The Morgan fingerprint density at radius 3 is 1.89 bits per heavy atom. The maximum Gasteiger partial charge on any atom is 0.325 e. The number of carboxylic acids is 2. The van der Waals surface area contributed by atoms with Crippen molar-refractivity contribution in [3.63, 3.8) is 0 Å². The molecule has 54 heavy (non-hydrogen) atoms. The van der Waals surface area contributed by atoms with Crippen molar-refractivity contribution in [3.05, 3.63) is 81.5 Å². The van der Waals surface area contributed by atoms with E-state index in [1.165, 1.54) is 14.2 Å². The van der Waals surface area contributed by atoms with Crippen LogP contribution in [0.3, 0.4) is 0 Å². The minimum absolute atomic E-state index is 0.0584. The average Bonchev–Trinajstić information content (AvgIpc) is 3.82. The Kier molecular flexibility index (Phi) is 11.5. The van der Waals surface area contributed by atoms with Crippen molar-refractivity contribution in [1.29, 1.82) is 0 Å². The molecule has 0 spiro atoms. The van der Waals surface area contributed by atoms with E-state index in [4.69, 9.17) is 14.5 Å². The molecule has 0 aromatic carbocycles. The van der Waals surface area contributed by atoms with Gasteiger partial charge in [-0.05, 0) is 86.1 Å². The van der Waals surface area contributed by atoms with E-state index in [1.54, 1.807) is 12.2 Å². The van der Waals surface area contributed by atoms with Gasteiger partial charge in [0.25, 0.3) is 0 Å². The molecule has 0 aliphatic carbocycles. The number of H-pyrrole nitrogens is 3. The third-order valence-corrected chi connectivity index (χ3v) is 9.77. The van der Waals surface area contributed by atoms with Gasteiger partial charge in [-0.1, -0.05) is 25.3 Å². The van der Waals surface area contributed by atoms with Gasteiger partial charge in [0.1, 0.15) is 18.4 Å². The second-order valence-corrected chi connectivity index (χ2v) is 12.9. The van der Waals surface area contributed by atoms with E-state index in [0.717, 1.165) is 33.4 Å². The molecule has 0 saturated heterocycles. The minimum atomic E-state index is -1.13. The summed E-state index contributed by atoms with van der Waals surface area (Å²) in [6.45, 7) is 14.7. The van der Waals surface area contributed by atoms with Crippen molar-refractivity contribution >= 4 is 79.9 Å². The van der Waals surface area contributed by atoms with Crippen molar-refractivity contribution in [1.82, 2.24) is 19.9 Å². The van der Waals surface area contributed by atoms with Crippen LogP contribution >= 0.6 is 0 Å². The highest BCUT2D eigenvalue weighted by Gasteiger charge is 2.22. The third-order valence-electron chi connectivity index (χ3n) is 9.77. The van der Waals surface area contributed by atoms with Crippen LogP contribution in [-0.2, 0) is 41.5 Å². The summed E-state index contributed by atoms with van der Waals surface area (Å²) in [6, 6.07) is 3.72. The summed E-state index contributed by atoms with van der Waals surface area (Å²) < 4.78 is 9.92. The van der Waals surface area contributed by atoms with Crippen molar-refractivity contribution in [2.45, 2.75) is 53.4 Å². The molecule has 0 unspecified atom stereocenters. The summed E-state index contributed by atoms with van der Waals surface area (Å²) in [5, 5.41) is 22.9. The summed E-state index contributed by atoms with van der Waals surface area (Å²) in [6.07, 6.45) is 4.04. The van der Waals surface area contributed by atoms with Crippen molar-refractivity contribution < 1.29 is 38.9 Å². The largest absolute Gasteiger partial charge is 0.480 e. The van der Waals surface area contributed by atoms with Crippen molar-refractivity contribution in [2.24, 2.45) is 4.99 Å². The molecule has 0 radical (unpaired) electrons. The summed E-state index contributed by atoms with van der Waals surface area (Å²) in [4.78, 5) is 68.8. The first-order valence-electron chi connectivity index (χ1n) is 17.2. The number of aromatic nitrogens is 4. The number of esters is 2. The van der Waals surface area contributed by atoms with E-state index in [2.05, 4.69) is 38.4 Å². The van der Waals surface area contributed by atoms with Crippen LogP contribution in [0.4, 0.5) is 5.69 Å². The predicted molar refractivity (Wildman–Crippen MR) is 208 cm³/mol. The molecule has 14 heteroatoms. The Hall–Kier alpha value is -6.44. The van der Waals surface area contributed by atoms with Crippen LogP contribution in [0.15, 0.2) is 36.4 Å². The number of ether oxygens (including phenoxy) is 2. The molecule has 1 aliphatic heterocycles. The molecule has 282 valence electrons. The number of nitrogens with zero attached hydrogens (tertiary/aromatic N) is 2. The van der Waals surface area contributed by atoms with Gasteiger partial charge in [0, 0.05) is 40.5 Å². The van der Waals surface area contributed by atoms with Gasteiger partial charge in [0.15, 0.2) is 0 Å². The number of aliphatic carboxylic acids is 2. The van der Waals surface area contributed by atoms with E-state index in [0.29, 0.717) is 66.7 Å². The van der Waals surface area contributed by atoms with Gasteiger partial charge in [-0.25, -0.2) is 4.98 Å². The highest BCUT2D eigenvalue weighted by molar-refractivity contribution is 6.00. The number of hydrogen-bond donors (Lipinski definition) is 6. The molecule has 5 heterocycles. The number of rotatable bonds is 13. The molecule has 0 atom stereocenters. The first-order valence-corrected chi connectivity index (χ1v) is 17.2. The molecule has 4 aromatic rings. The number of carbonyl (C=O) groups excluding carboxylic acids is 2. The number of carboxylic acid groups (broad SMARTS) is 2. The zero-order chi connectivity index (χ0) is 39.4. The fourth-order valence-corrected chi connectivity index (χ4v) is 6.93. The lowest BCUT2D eigenvalue weighted by molar-refractivity contribution is -0.141. The quantitative estimate of drug-likeness (QED) is 0.0894. The van der Waals surface area contributed by atoms with E-state index in [1.807, 2.05) is 39.8 Å². The van der Waals surface area contributed by atoms with Crippen molar-refractivity contribution in [2.75, 3.05) is 32.6 Å². The summed E-state index contributed by atoms with van der Waals surface area (Å²) in [7, 11) is 2.64. The number of allylic oxidation sites excluding steroid dienone is 3. The molecular weight excluding hydrogens is 692 g/mol. The van der Waals surface area contributed by atoms with Crippen LogP contribution in [-0.4, -0.2) is 81.3 Å². The molecule has 0 amide bonds. The number of methoxy groups -OCH3 is 2. The van der Waals surface area contributed by atoms with Gasteiger partial charge >= 0.3 is 23.9 Å². The molecule has 4 aromatic heterocycles. The average molecular weight is 737 g/mol. The molecule has 5 rings (SSSR count). The first kappa shape index (κ1) is 38.8. The zero-order valence-electron chi connectivity index (χ0n) is 31.2. The Bertz CT molecular complexity index is 2480. The molecule has 0 saturated carbocycles. The number of carbonyl (C=O) groups is 4. The van der Waals surface area contributed by atoms with Crippen molar-refractivity contribution in [3.8, 4) is 0 Å². The molecule has 6 N–H and O–H groups in total. The number of anilines is 1. The predicted octanol–water partition coefficient (Wildman–Crippen LogP) is 5.90. The van der Waals surface area contributed by atoms with Gasteiger partial charge in [-0.3, -0.25) is 24.2 Å². The van der Waals surface area contributed by atoms with Crippen LogP contribution in [0.1, 0.15) is 64.5 Å². The van der Waals surface area contributed by atoms with Gasteiger partial charge in [0.05, 0.1) is 47.8 Å². The smallest absolute Gasteiger partial charge is 0.325 e. The fraction of sp³-hybridized carbons (Fsp3) is 0.300. The maximum atomic E-state index is 12.4. The molecule has 8 bridgehead atoms. The highest BCUT2D eigenvalue weighted by Crippen LogP contribution is 2.35. The SMILES string of the molecule is C=CC1=C(C)c2cc3[nH]c(c(C)c3C=C)c(NCC(=O)O)c3[nH]c(cc4[nH]c(c(C)c4CCC(=O)OC)c(=NCC(=O)O)c1n2)c(CCC(=O)OC)c3C. The Labute approximate surface area is 310 Å². The lowest BCUT2D eigenvalue weighted by Gasteiger charge is -2.07. The van der Waals surface area contributed by atoms with Crippen LogP contribution in [0.25, 0.3) is 50.3 Å². The van der Waals surface area contributed by atoms with Gasteiger partial charge in [-0.15, -0.1) is 0 Å². The lowest BCUT2D eigenvalue weighted by Crippen LogP contribution is -2.14. The second kappa shape index (κ2) is 16.1. The maximum absolute atomic E-state index is 12.4.